The summed E-state index contributed by atoms with van der Waals surface area (Å²) in [6.07, 6.45) is 5.84. The molecule has 0 heterocycles. The highest BCUT2D eigenvalue weighted by molar-refractivity contribution is 5.57. The van der Waals surface area contributed by atoms with Crippen LogP contribution in [0.5, 0.6) is 0 Å². The van der Waals surface area contributed by atoms with Gasteiger partial charge in [0.2, 0.25) is 0 Å². The molecule has 20 heavy (non-hydrogen) atoms. The summed E-state index contributed by atoms with van der Waals surface area (Å²) >= 11 is 0. The molecule has 0 aromatic carbocycles. The molecule has 0 aromatic rings. The van der Waals surface area contributed by atoms with Gasteiger partial charge in [0.25, 0.3) is 0 Å². The Hall–Kier alpha value is -0.590. The number of aldehydes is 1. The third-order valence-electron chi connectivity index (χ3n) is 7.35. The van der Waals surface area contributed by atoms with Crippen molar-refractivity contribution < 1.29 is 4.79 Å². The smallest absolute Gasteiger partial charge is 0.123 e. The van der Waals surface area contributed by atoms with Crippen molar-refractivity contribution >= 4 is 6.29 Å². The van der Waals surface area contributed by atoms with Crippen LogP contribution in [0.15, 0.2) is 12.2 Å². The molecule has 2 aliphatic rings. The lowest BCUT2D eigenvalue weighted by Gasteiger charge is -2.53. The maximum absolute atomic E-state index is 11.9. The van der Waals surface area contributed by atoms with Crippen LogP contribution in [0, 0.1) is 34.0 Å². The van der Waals surface area contributed by atoms with Gasteiger partial charge in [-0.05, 0) is 54.3 Å². The summed E-state index contributed by atoms with van der Waals surface area (Å²) in [6, 6.07) is 0. The van der Waals surface area contributed by atoms with E-state index in [1.807, 2.05) is 0 Å². The summed E-state index contributed by atoms with van der Waals surface area (Å²) in [4.78, 5) is 11.9. The highest BCUT2D eigenvalue weighted by Gasteiger charge is 2.68. The fraction of sp³-hybridized carbons (Fsp3) is 0.842. The summed E-state index contributed by atoms with van der Waals surface area (Å²) in [5.74, 6) is 1.47. The number of fused-ring (bicyclic) bond motifs is 1. The van der Waals surface area contributed by atoms with E-state index in [4.69, 9.17) is 0 Å². The Morgan fingerprint density at radius 2 is 1.85 bits per heavy atom. The van der Waals surface area contributed by atoms with Gasteiger partial charge in [0.1, 0.15) is 6.29 Å². The fourth-order valence-electron chi connectivity index (χ4n) is 6.08. The SMILES string of the molecule is C=C(C)CC12C(C=O)CCCC1C(C)(C)C(C)C2(C)C. The van der Waals surface area contributed by atoms with E-state index in [1.165, 1.54) is 24.7 Å². The van der Waals surface area contributed by atoms with E-state index in [1.54, 1.807) is 0 Å². The summed E-state index contributed by atoms with van der Waals surface area (Å²) < 4.78 is 0. The van der Waals surface area contributed by atoms with Gasteiger partial charge in [-0.2, -0.15) is 0 Å². The molecule has 0 aliphatic heterocycles. The van der Waals surface area contributed by atoms with Crippen molar-refractivity contribution in [3.05, 3.63) is 12.2 Å². The number of allylic oxidation sites excluding steroid dienone is 1. The second kappa shape index (κ2) is 4.71. The van der Waals surface area contributed by atoms with Gasteiger partial charge in [0.05, 0.1) is 0 Å². The molecular weight excluding hydrogens is 244 g/mol. The lowest BCUT2D eigenvalue weighted by Crippen LogP contribution is -2.49. The quantitative estimate of drug-likeness (QED) is 0.508. The van der Waals surface area contributed by atoms with Crippen LogP contribution < -0.4 is 0 Å². The second-order valence-electron chi connectivity index (χ2n) is 8.67. The summed E-state index contributed by atoms with van der Waals surface area (Å²) in [7, 11) is 0. The highest BCUT2D eigenvalue weighted by atomic mass is 16.1. The average Bonchev–Trinajstić information content (AvgIpc) is 2.46. The van der Waals surface area contributed by atoms with Gasteiger partial charge in [-0.15, -0.1) is 6.58 Å². The molecular formula is C19H32O. The van der Waals surface area contributed by atoms with Crippen molar-refractivity contribution in [2.45, 2.75) is 67.2 Å². The van der Waals surface area contributed by atoms with E-state index in [2.05, 4.69) is 48.1 Å². The number of rotatable bonds is 3. The Bertz CT molecular complexity index is 417. The molecule has 0 amide bonds. The molecule has 114 valence electrons. The van der Waals surface area contributed by atoms with E-state index < -0.39 is 0 Å². The normalized spacial score (nSPS) is 42.0. The third-order valence-corrected chi connectivity index (χ3v) is 7.35. The molecule has 0 radical (unpaired) electrons. The van der Waals surface area contributed by atoms with Gasteiger partial charge in [-0.3, -0.25) is 0 Å². The van der Waals surface area contributed by atoms with Crippen LogP contribution in [0.25, 0.3) is 0 Å². The van der Waals surface area contributed by atoms with Crippen molar-refractivity contribution in [3.8, 4) is 0 Å². The van der Waals surface area contributed by atoms with Crippen molar-refractivity contribution in [1.29, 1.82) is 0 Å². The molecule has 0 bridgehead atoms. The van der Waals surface area contributed by atoms with E-state index >= 15 is 0 Å². The largest absolute Gasteiger partial charge is 0.303 e. The molecule has 4 unspecified atom stereocenters. The molecule has 2 aliphatic carbocycles. The second-order valence-corrected chi connectivity index (χ2v) is 8.67. The molecule has 0 saturated heterocycles. The first-order valence-electron chi connectivity index (χ1n) is 8.22. The molecule has 1 heteroatoms. The first-order chi connectivity index (χ1) is 9.12. The molecule has 2 saturated carbocycles. The highest BCUT2D eigenvalue weighted by Crippen LogP contribution is 2.74. The Labute approximate surface area is 125 Å². The van der Waals surface area contributed by atoms with Gasteiger partial charge < -0.3 is 4.79 Å². The predicted octanol–water partition coefficient (Wildman–Crippen LogP) is 5.26. The molecule has 4 atom stereocenters. The van der Waals surface area contributed by atoms with Crippen LogP contribution >= 0.6 is 0 Å². The predicted molar refractivity (Wildman–Crippen MR) is 85.5 cm³/mol. The Balaban J connectivity index is 2.64. The van der Waals surface area contributed by atoms with Crippen molar-refractivity contribution in [2.75, 3.05) is 0 Å². The zero-order valence-corrected chi connectivity index (χ0v) is 14.3. The third kappa shape index (κ3) is 1.77. The van der Waals surface area contributed by atoms with Gasteiger partial charge in [-0.25, -0.2) is 0 Å². The van der Waals surface area contributed by atoms with Crippen LogP contribution in [0.2, 0.25) is 0 Å². The van der Waals surface area contributed by atoms with Crippen LogP contribution in [0.4, 0.5) is 0 Å². The molecule has 0 spiro atoms. The molecule has 2 rings (SSSR count). The number of carbonyl (C=O) groups is 1. The van der Waals surface area contributed by atoms with Gasteiger partial charge in [0, 0.05) is 5.92 Å². The van der Waals surface area contributed by atoms with E-state index in [-0.39, 0.29) is 16.7 Å². The first-order valence-corrected chi connectivity index (χ1v) is 8.22. The average molecular weight is 276 g/mol. The van der Waals surface area contributed by atoms with Gasteiger partial charge >= 0.3 is 0 Å². The van der Waals surface area contributed by atoms with Crippen LogP contribution in [0.1, 0.15) is 67.2 Å². The van der Waals surface area contributed by atoms with E-state index in [9.17, 15) is 4.79 Å². The minimum absolute atomic E-state index is 0.113. The fourth-order valence-corrected chi connectivity index (χ4v) is 6.08. The van der Waals surface area contributed by atoms with Crippen molar-refractivity contribution in [3.63, 3.8) is 0 Å². The lowest BCUT2D eigenvalue weighted by molar-refractivity contribution is -0.126. The Kier molecular flexibility index (Phi) is 3.72. The van der Waals surface area contributed by atoms with Crippen LogP contribution in [-0.2, 0) is 4.79 Å². The number of carbonyl (C=O) groups excluding carboxylic acids is 1. The molecule has 0 N–H and O–H groups in total. The van der Waals surface area contributed by atoms with Crippen LogP contribution in [0.3, 0.4) is 0 Å². The maximum Gasteiger partial charge on any atom is 0.123 e. The monoisotopic (exact) mass is 276 g/mol. The minimum atomic E-state index is 0.113. The number of hydrogen-bond acceptors (Lipinski definition) is 1. The molecule has 0 aromatic heterocycles. The zero-order chi connectivity index (χ0) is 15.3. The topological polar surface area (TPSA) is 17.1 Å². The zero-order valence-electron chi connectivity index (χ0n) is 14.3. The summed E-state index contributed by atoms with van der Waals surface area (Å²) in [5, 5.41) is 0. The maximum atomic E-state index is 11.9. The Morgan fingerprint density at radius 1 is 1.25 bits per heavy atom. The van der Waals surface area contributed by atoms with E-state index in [0.29, 0.717) is 17.3 Å². The molecule has 1 nitrogen and oxygen atoms in total. The van der Waals surface area contributed by atoms with Crippen LogP contribution in [-0.4, -0.2) is 6.29 Å². The first kappa shape index (κ1) is 15.8. The summed E-state index contributed by atoms with van der Waals surface area (Å²) in [5.41, 5.74) is 1.84. The van der Waals surface area contributed by atoms with Gasteiger partial charge in [0.15, 0.2) is 0 Å². The molecule has 2 fully saturated rings. The van der Waals surface area contributed by atoms with E-state index in [0.717, 1.165) is 12.8 Å². The minimum Gasteiger partial charge on any atom is -0.303 e. The lowest BCUT2D eigenvalue weighted by atomic mass is 9.50. The standard InChI is InChI=1S/C19H32O/c1-13(2)11-19-15(12-20)9-8-10-16(19)17(4,5)14(3)18(19,6)7/h12,14-16H,1,8-11H2,2-7H3. The number of hydrogen-bond donors (Lipinski definition) is 0. The summed E-state index contributed by atoms with van der Waals surface area (Å²) in [6.45, 7) is 18.4. The Morgan fingerprint density at radius 3 is 2.35 bits per heavy atom. The van der Waals surface area contributed by atoms with Gasteiger partial charge in [-0.1, -0.05) is 46.6 Å². The van der Waals surface area contributed by atoms with Crippen molar-refractivity contribution in [1.82, 2.24) is 0 Å². The van der Waals surface area contributed by atoms with Crippen molar-refractivity contribution in [2.24, 2.45) is 34.0 Å².